The number of aliphatic hydroxyl groups is 1. The minimum absolute atomic E-state index is 0.0411. The molecule has 0 aliphatic rings. The Morgan fingerprint density at radius 2 is 2.00 bits per heavy atom. The van der Waals surface area contributed by atoms with E-state index in [2.05, 4.69) is 30.3 Å². The number of benzene rings is 1. The van der Waals surface area contributed by atoms with Gasteiger partial charge in [-0.2, -0.15) is 0 Å². The zero-order chi connectivity index (χ0) is 14.0. The molecule has 1 heterocycles. The largest absolute Gasteiger partial charge is 0.399 e. The molecule has 0 saturated carbocycles. The number of rotatable bonds is 5. The Kier molecular flexibility index (Phi) is 4.10. The number of aliphatic hydroxyl groups excluding tert-OH is 1. The van der Waals surface area contributed by atoms with Gasteiger partial charge < -0.3 is 15.4 Å². The molecule has 4 nitrogen and oxygen atoms in total. The van der Waals surface area contributed by atoms with Crippen molar-refractivity contribution in [1.82, 2.24) is 9.55 Å². The van der Waals surface area contributed by atoms with E-state index in [1.807, 2.05) is 18.2 Å². The first-order valence-electron chi connectivity index (χ1n) is 6.90. The zero-order valence-corrected chi connectivity index (χ0v) is 11.9. The highest BCUT2D eigenvalue weighted by molar-refractivity contribution is 5.79. The molecular weight excluding hydrogens is 238 g/mol. The van der Waals surface area contributed by atoms with Gasteiger partial charge in [-0.1, -0.05) is 13.8 Å². The van der Waals surface area contributed by atoms with Crippen molar-refractivity contribution in [2.75, 3.05) is 5.73 Å². The molecule has 0 radical (unpaired) electrons. The van der Waals surface area contributed by atoms with Gasteiger partial charge in [0.15, 0.2) is 0 Å². The molecule has 0 bridgehead atoms. The van der Waals surface area contributed by atoms with Crippen LogP contribution >= 0.6 is 0 Å². The van der Waals surface area contributed by atoms with Crippen molar-refractivity contribution in [2.24, 2.45) is 5.92 Å². The monoisotopic (exact) mass is 261 g/mol. The van der Waals surface area contributed by atoms with Crippen molar-refractivity contribution < 1.29 is 5.11 Å². The molecule has 0 fully saturated rings. The Labute approximate surface area is 114 Å². The summed E-state index contributed by atoms with van der Waals surface area (Å²) in [5.74, 6) is 1.40. The number of fused-ring (bicyclic) bond motifs is 1. The van der Waals surface area contributed by atoms with Gasteiger partial charge in [-0.25, -0.2) is 4.98 Å². The van der Waals surface area contributed by atoms with Gasteiger partial charge in [0.1, 0.15) is 12.4 Å². The highest BCUT2D eigenvalue weighted by atomic mass is 16.3. The van der Waals surface area contributed by atoms with Crippen molar-refractivity contribution in [3.63, 3.8) is 0 Å². The molecule has 0 amide bonds. The van der Waals surface area contributed by atoms with E-state index in [9.17, 15) is 5.11 Å². The average Bonchev–Trinajstić information content (AvgIpc) is 2.73. The maximum atomic E-state index is 9.50. The second-order valence-corrected chi connectivity index (χ2v) is 5.62. The molecule has 0 spiro atoms. The number of anilines is 1. The quantitative estimate of drug-likeness (QED) is 0.813. The van der Waals surface area contributed by atoms with Crippen molar-refractivity contribution >= 4 is 16.7 Å². The van der Waals surface area contributed by atoms with E-state index in [1.54, 1.807) is 0 Å². The lowest BCUT2D eigenvalue weighted by molar-refractivity contribution is 0.260. The smallest absolute Gasteiger partial charge is 0.135 e. The molecule has 2 aromatic rings. The minimum Gasteiger partial charge on any atom is -0.399 e. The fraction of sp³-hybridized carbons (Fsp3) is 0.533. The lowest BCUT2D eigenvalue weighted by Gasteiger charge is -2.18. The summed E-state index contributed by atoms with van der Waals surface area (Å²) in [7, 11) is 0. The minimum atomic E-state index is -0.0411. The van der Waals surface area contributed by atoms with Crippen LogP contribution in [0, 0.1) is 5.92 Å². The first kappa shape index (κ1) is 13.9. The summed E-state index contributed by atoms with van der Waals surface area (Å²) < 4.78 is 2.14. The molecule has 0 saturated heterocycles. The number of hydrogen-bond acceptors (Lipinski definition) is 3. The number of nitrogens with two attached hydrogens (primary N) is 1. The van der Waals surface area contributed by atoms with Gasteiger partial charge in [0.25, 0.3) is 0 Å². The van der Waals surface area contributed by atoms with Crippen LogP contribution in [0.4, 0.5) is 5.69 Å². The maximum absolute atomic E-state index is 9.50. The summed E-state index contributed by atoms with van der Waals surface area (Å²) in [6.07, 6.45) is 2.25. The molecule has 0 aliphatic carbocycles. The van der Waals surface area contributed by atoms with Gasteiger partial charge in [0, 0.05) is 11.7 Å². The maximum Gasteiger partial charge on any atom is 0.135 e. The second kappa shape index (κ2) is 5.61. The number of aromatic nitrogens is 2. The number of imidazole rings is 1. The number of nitrogen functional groups attached to an aromatic ring is 1. The Bertz CT molecular complexity index is 560. The van der Waals surface area contributed by atoms with Gasteiger partial charge in [-0.15, -0.1) is 0 Å². The van der Waals surface area contributed by atoms with Crippen LogP contribution in [0.1, 0.15) is 45.5 Å². The third kappa shape index (κ3) is 2.89. The highest BCUT2D eigenvalue weighted by Gasteiger charge is 2.15. The molecule has 104 valence electrons. The predicted octanol–water partition coefficient (Wildman–Crippen LogP) is 3.11. The van der Waals surface area contributed by atoms with E-state index in [-0.39, 0.29) is 6.61 Å². The molecular formula is C15H23N3O. The van der Waals surface area contributed by atoms with E-state index < -0.39 is 0 Å². The van der Waals surface area contributed by atoms with E-state index in [1.165, 1.54) is 6.42 Å². The molecule has 1 aromatic heterocycles. The molecule has 3 N–H and O–H groups in total. The molecule has 1 aromatic carbocycles. The van der Waals surface area contributed by atoms with Crippen molar-refractivity contribution in [1.29, 1.82) is 0 Å². The van der Waals surface area contributed by atoms with Gasteiger partial charge >= 0.3 is 0 Å². The van der Waals surface area contributed by atoms with E-state index in [0.717, 1.165) is 23.3 Å². The van der Waals surface area contributed by atoms with Crippen LogP contribution < -0.4 is 5.73 Å². The third-order valence-electron chi connectivity index (χ3n) is 3.53. The van der Waals surface area contributed by atoms with Crippen LogP contribution in [0.25, 0.3) is 11.0 Å². The Morgan fingerprint density at radius 1 is 1.26 bits per heavy atom. The van der Waals surface area contributed by atoms with Crippen LogP contribution in [0.3, 0.4) is 0 Å². The van der Waals surface area contributed by atoms with Gasteiger partial charge in [-0.05, 0) is 43.9 Å². The lowest BCUT2D eigenvalue weighted by atomic mass is 10.0. The van der Waals surface area contributed by atoms with Gasteiger partial charge in [0.05, 0.1) is 11.0 Å². The molecule has 0 aliphatic heterocycles. The number of hydrogen-bond donors (Lipinski definition) is 2. The topological polar surface area (TPSA) is 64.1 Å². The van der Waals surface area contributed by atoms with E-state index in [0.29, 0.717) is 17.6 Å². The predicted molar refractivity (Wildman–Crippen MR) is 78.9 cm³/mol. The van der Waals surface area contributed by atoms with Gasteiger partial charge in [0.2, 0.25) is 0 Å². The third-order valence-corrected chi connectivity index (χ3v) is 3.53. The Morgan fingerprint density at radius 3 is 2.63 bits per heavy atom. The fourth-order valence-electron chi connectivity index (χ4n) is 2.47. The summed E-state index contributed by atoms with van der Waals surface area (Å²) in [4.78, 5) is 4.47. The Balaban J connectivity index is 2.39. The van der Waals surface area contributed by atoms with Crippen molar-refractivity contribution in [3.05, 3.63) is 24.0 Å². The molecule has 2 rings (SSSR count). The van der Waals surface area contributed by atoms with Crippen LogP contribution in [0.15, 0.2) is 18.2 Å². The number of nitrogens with zero attached hydrogens (tertiary/aromatic N) is 2. The fourth-order valence-corrected chi connectivity index (χ4v) is 2.47. The van der Waals surface area contributed by atoms with E-state index >= 15 is 0 Å². The normalized spacial score (nSPS) is 13.3. The standard InChI is InChI=1S/C15H23N3O/c1-10(2)4-5-11(3)18-14-7-6-12(16)8-13(14)17-15(18)9-19/h6-8,10-11,19H,4-5,9,16H2,1-3H3. The second-order valence-electron chi connectivity index (χ2n) is 5.62. The molecule has 1 unspecified atom stereocenters. The lowest BCUT2D eigenvalue weighted by Crippen LogP contribution is -2.10. The first-order valence-corrected chi connectivity index (χ1v) is 6.90. The summed E-state index contributed by atoms with van der Waals surface area (Å²) >= 11 is 0. The van der Waals surface area contributed by atoms with Crippen LogP contribution in [0.5, 0.6) is 0 Å². The summed E-state index contributed by atoms with van der Waals surface area (Å²) in [5.41, 5.74) is 8.40. The summed E-state index contributed by atoms with van der Waals surface area (Å²) in [5, 5.41) is 9.50. The van der Waals surface area contributed by atoms with Gasteiger partial charge in [-0.3, -0.25) is 0 Å². The SMILES string of the molecule is CC(C)CCC(C)n1c(CO)nc2cc(N)ccc21. The van der Waals surface area contributed by atoms with Crippen molar-refractivity contribution in [2.45, 2.75) is 46.3 Å². The van der Waals surface area contributed by atoms with Crippen LogP contribution in [-0.2, 0) is 6.61 Å². The first-order chi connectivity index (χ1) is 9.02. The van der Waals surface area contributed by atoms with Crippen LogP contribution in [-0.4, -0.2) is 14.7 Å². The Hall–Kier alpha value is -1.55. The van der Waals surface area contributed by atoms with E-state index in [4.69, 9.17) is 5.73 Å². The molecule has 19 heavy (non-hydrogen) atoms. The average molecular weight is 261 g/mol. The molecule has 1 atom stereocenters. The molecule has 4 heteroatoms. The highest BCUT2D eigenvalue weighted by Crippen LogP contribution is 2.26. The zero-order valence-electron chi connectivity index (χ0n) is 11.9. The van der Waals surface area contributed by atoms with Crippen molar-refractivity contribution in [3.8, 4) is 0 Å². The summed E-state index contributed by atoms with van der Waals surface area (Å²) in [6, 6.07) is 6.07. The summed E-state index contributed by atoms with van der Waals surface area (Å²) in [6.45, 7) is 6.60. The van der Waals surface area contributed by atoms with Crippen LogP contribution in [0.2, 0.25) is 0 Å².